The van der Waals surface area contributed by atoms with Crippen LogP contribution in [0.15, 0.2) is 24.3 Å². The zero-order valence-corrected chi connectivity index (χ0v) is 17.8. The molecule has 1 aliphatic heterocycles. The monoisotopic (exact) mass is 390 g/mol. The van der Waals surface area contributed by atoms with Gasteiger partial charge in [-0.2, -0.15) is 0 Å². The minimum Gasteiger partial charge on any atom is -0.491 e. The second-order valence-electron chi connectivity index (χ2n) is 8.70. The molecule has 0 unspecified atom stereocenters. The fourth-order valence-corrected chi connectivity index (χ4v) is 3.14. The summed E-state index contributed by atoms with van der Waals surface area (Å²) in [4.78, 5) is 26.1. The van der Waals surface area contributed by atoms with Gasteiger partial charge in [-0.3, -0.25) is 4.79 Å². The average Bonchev–Trinajstić information content (AvgIpc) is 2.60. The number of rotatable bonds is 6. The molecule has 1 N–H and O–H groups in total. The number of piperidine rings is 1. The molecule has 2 rings (SSSR count). The highest BCUT2D eigenvalue weighted by Crippen LogP contribution is 2.22. The molecule has 28 heavy (non-hydrogen) atoms. The van der Waals surface area contributed by atoms with E-state index >= 15 is 0 Å². The highest BCUT2D eigenvalue weighted by atomic mass is 16.6. The Labute approximate surface area is 168 Å². The van der Waals surface area contributed by atoms with E-state index in [2.05, 4.69) is 5.32 Å². The normalized spacial score (nSPS) is 15.4. The number of hydrogen-bond acceptors (Lipinski definition) is 4. The van der Waals surface area contributed by atoms with Gasteiger partial charge in [0.25, 0.3) is 0 Å². The molecule has 0 aromatic heterocycles. The first-order valence-corrected chi connectivity index (χ1v) is 10.1. The number of carbonyl (C=O) groups excluding carboxylic acids is 2. The van der Waals surface area contributed by atoms with Crippen LogP contribution in [0, 0.1) is 5.92 Å². The summed E-state index contributed by atoms with van der Waals surface area (Å²) in [7, 11) is 0. The van der Waals surface area contributed by atoms with Gasteiger partial charge in [0.2, 0.25) is 5.91 Å². The zero-order chi connectivity index (χ0) is 20.7. The fraction of sp³-hybridized carbons (Fsp3) is 0.636. The number of hydrogen-bond donors (Lipinski definition) is 1. The van der Waals surface area contributed by atoms with Crippen molar-refractivity contribution in [3.05, 3.63) is 29.8 Å². The van der Waals surface area contributed by atoms with Crippen LogP contribution in [0.1, 0.15) is 59.4 Å². The van der Waals surface area contributed by atoms with Crippen LogP contribution in [0.2, 0.25) is 0 Å². The van der Waals surface area contributed by atoms with Crippen molar-refractivity contribution in [2.75, 3.05) is 13.1 Å². The van der Waals surface area contributed by atoms with Crippen LogP contribution in [0.3, 0.4) is 0 Å². The number of nitrogens with one attached hydrogen (secondary N) is 1. The minimum atomic E-state index is -0.479. The van der Waals surface area contributed by atoms with Crippen molar-refractivity contribution in [2.24, 2.45) is 5.92 Å². The molecule has 0 radical (unpaired) electrons. The largest absolute Gasteiger partial charge is 0.491 e. The van der Waals surface area contributed by atoms with Gasteiger partial charge in [-0.1, -0.05) is 12.1 Å². The van der Waals surface area contributed by atoms with Gasteiger partial charge in [-0.25, -0.2) is 4.79 Å². The molecule has 0 bridgehead atoms. The first-order valence-electron chi connectivity index (χ1n) is 10.1. The molecule has 1 fully saturated rings. The first kappa shape index (κ1) is 22.1. The van der Waals surface area contributed by atoms with Gasteiger partial charge in [0.05, 0.1) is 6.10 Å². The van der Waals surface area contributed by atoms with Gasteiger partial charge in [-0.05, 0) is 71.1 Å². The summed E-state index contributed by atoms with van der Waals surface area (Å²) in [6, 6.07) is 7.79. The molecule has 1 saturated heterocycles. The number of benzene rings is 1. The van der Waals surface area contributed by atoms with Crippen molar-refractivity contribution in [3.8, 4) is 5.75 Å². The van der Waals surface area contributed by atoms with Crippen LogP contribution in [-0.4, -0.2) is 41.7 Å². The molecular weight excluding hydrogens is 356 g/mol. The standard InChI is InChI=1S/C22H34N2O4/c1-16(2)27-19-8-6-18(7-9-19)15-23-20(25)14-17-10-12-24(13-11-17)21(26)28-22(3,4)5/h6-9,16-17H,10-15H2,1-5H3,(H,23,25). The predicted octanol–water partition coefficient (Wildman–Crippen LogP) is 4.13. The van der Waals surface area contributed by atoms with Crippen molar-refractivity contribution in [2.45, 2.75) is 72.1 Å². The Morgan fingerprint density at radius 2 is 1.75 bits per heavy atom. The molecule has 2 amide bonds. The van der Waals surface area contributed by atoms with Gasteiger partial charge >= 0.3 is 6.09 Å². The summed E-state index contributed by atoms with van der Waals surface area (Å²) >= 11 is 0. The van der Waals surface area contributed by atoms with E-state index in [9.17, 15) is 9.59 Å². The average molecular weight is 391 g/mol. The number of likely N-dealkylation sites (tertiary alicyclic amines) is 1. The van der Waals surface area contributed by atoms with E-state index < -0.39 is 5.60 Å². The smallest absolute Gasteiger partial charge is 0.410 e. The predicted molar refractivity (Wildman–Crippen MR) is 109 cm³/mol. The number of ether oxygens (including phenoxy) is 2. The van der Waals surface area contributed by atoms with E-state index in [4.69, 9.17) is 9.47 Å². The topological polar surface area (TPSA) is 67.9 Å². The molecule has 0 atom stereocenters. The Bertz CT molecular complexity index is 641. The fourth-order valence-electron chi connectivity index (χ4n) is 3.14. The summed E-state index contributed by atoms with van der Waals surface area (Å²) < 4.78 is 11.0. The molecule has 1 aromatic carbocycles. The Kier molecular flexibility index (Phi) is 7.72. The van der Waals surface area contributed by atoms with E-state index in [1.54, 1.807) is 4.90 Å². The molecule has 1 aliphatic rings. The maximum absolute atomic E-state index is 12.3. The van der Waals surface area contributed by atoms with E-state index in [1.165, 1.54) is 0 Å². The van der Waals surface area contributed by atoms with Gasteiger partial charge in [0.15, 0.2) is 0 Å². The second kappa shape index (κ2) is 9.80. The van der Waals surface area contributed by atoms with Gasteiger partial charge < -0.3 is 19.7 Å². The molecule has 1 aromatic rings. The van der Waals surface area contributed by atoms with E-state index in [0.717, 1.165) is 24.2 Å². The summed E-state index contributed by atoms with van der Waals surface area (Å²) in [5, 5.41) is 2.99. The zero-order valence-electron chi connectivity index (χ0n) is 17.8. The van der Waals surface area contributed by atoms with Crippen molar-refractivity contribution < 1.29 is 19.1 Å². The summed E-state index contributed by atoms with van der Waals surface area (Å²) in [5.74, 6) is 1.19. The highest BCUT2D eigenvalue weighted by molar-refractivity contribution is 5.76. The van der Waals surface area contributed by atoms with Crippen molar-refractivity contribution in [3.63, 3.8) is 0 Å². The van der Waals surface area contributed by atoms with E-state index in [0.29, 0.717) is 32.0 Å². The lowest BCUT2D eigenvalue weighted by Gasteiger charge is -2.33. The SMILES string of the molecule is CC(C)Oc1ccc(CNC(=O)CC2CCN(C(=O)OC(C)(C)C)CC2)cc1. The van der Waals surface area contributed by atoms with Crippen LogP contribution < -0.4 is 10.1 Å². The van der Waals surface area contributed by atoms with Crippen LogP contribution in [0.25, 0.3) is 0 Å². The third-order valence-corrected chi connectivity index (χ3v) is 4.53. The lowest BCUT2D eigenvalue weighted by Crippen LogP contribution is -2.42. The Balaban J connectivity index is 1.69. The highest BCUT2D eigenvalue weighted by Gasteiger charge is 2.27. The molecule has 0 spiro atoms. The third-order valence-electron chi connectivity index (χ3n) is 4.53. The molecule has 1 heterocycles. The summed E-state index contributed by atoms with van der Waals surface area (Å²) in [5.41, 5.74) is 0.566. The lowest BCUT2D eigenvalue weighted by molar-refractivity contribution is -0.122. The third kappa shape index (κ3) is 7.79. The Hall–Kier alpha value is -2.24. The van der Waals surface area contributed by atoms with E-state index in [1.807, 2.05) is 58.9 Å². The molecule has 0 saturated carbocycles. The van der Waals surface area contributed by atoms with Crippen LogP contribution in [-0.2, 0) is 16.1 Å². The number of carbonyl (C=O) groups is 2. The molecule has 6 nitrogen and oxygen atoms in total. The maximum Gasteiger partial charge on any atom is 0.410 e. The van der Waals surface area contributed by atoms with Crippen molar-refractivity contribution in [1.29, 1.82) is 0 Å². The van der Waals surface area contributed by atoms with Crippen LogP contribution in [0.5, 0.6) is 5.75 Å². The van der Waals surface area contributed by atoms with Crippen molar-refractivity contribution >= 4 is 12.0 Å². The quantitative estimate of drug-likeness (QED) is 0.793. The molecule has 6 heteroatoms. The van der Waals surface area contributed by atoms with E-state index in [-0.39, 0.29) is 18.1 Å². The Morgan fingerprint density at radius 3 is 2.29 bits per heavy atom. The Morgan fingerprint density at radius 1 is 1.14 bits per heavy atom. The molecule has 0 aliphatic carbocycles. The number of nitrogens with zero attached hydrogens (tertiary/aromatic N) is 1. The summed E-state index contributed by atoms with van der Waals surface area (Å²) in [6.45, 7) is 11.4. The van der Waals surface area contributed by atoms with Crippen molar-refractivity contribution in [1.82, 2.24) is 10.2 Å². The van der Waals surface area contributed by atoms with Crippen LogP contribution in [0.4, 0.5) is 4.79 Å². The second-order valence-corrected chi connectivity index (χ2v) is 8.70. The molecular formula is C22H34N2O4. The molecule has 156 valence electrons. The van der Waals surface area contributed by atoms with Gasteiger partial charge in [0, 0.05) is 26.1 Å². The maximum atomic E-state index is 12.3. The van der Waals surface area contributed by atoms with Crippen LogP contribution >= 0.6 is 0 Å². The first-order chi connectivity index (χ1) is 13.1. The number of amides is 2. The minimum absolute atomic E-state index is 0.0539. The summed E-state index contributed by atoms with van der Waals surface area (Å²) in [6.07, 6.45) is 2.03. The lowest BCUT2D eigenvalue weighted by atomic mass is 9.93. The van der Waals surface area contributed by atoms with Gasteiger partial charge in [-0.15, -0.1) is 0 Å². The van der Waals surface area contributed by atoms with Gasteiger partial charge in [0.1, 0.15) is 11.4 Å².